The molecule has 4 heterocycles. The molecule has 0 fully saturated rings. The van der Waals surface area contributed by atoms with Gasteiger partial charge in [-0.2, -0.15) is 0 Å². The Balaban J connectivity index is 0.000000136. The number of aromatic nitrogens is 2. The summed E-state index contributed by atoms with van der Waals surface area (Å²) in [4.78, 5) is 4.74. The normalized spacial score (nSPS) is 11.9. The van der Waals surface area contributed by atoms with Gasteiger partial charge in [0.2, 0.25) is 0 Å². The minimum Gasteiger partial charge on any atom is -0.454 e. The Morgan fingerprint density at radius 3 is 0.933 bits per heavy atom. The van der Waals surface area contributed by atoms with Crippen molar-refractivity contribution in [3.63, 3.8) is 0 Å². The van der Waals surface area contributed by atoms with E-state index in [1.165, 1.54) is 195 Å². The summed E-state index contributed by atoms with van der Waals surface area (Å²) < 4.78 is 14.1. The van der Waals surface area contributed by atoms with Gasteiger partial charge in [-0.05, 0) is 266 Å². The molecule has 0 radical (unpaired) electrons. The Bertz CT molecular complexity index is 9560. The molecule has 5 nitrogen and oxygen atoms in total. The number of rotatable bonds is 12. The van der Waals surface area contributed by atoms with Crippen LogP contribution in [0.15, 0.2) is 490 Å². The van der Waals surface area contributed by atoms with Gasteiger partial charge in [0.15, 0.2) is 5.58 Å². The number of benzene rings is 24. The Labute approximate surface area is 776 Å². The standard InChI is InChI=1S/C64H40N2O.C64H40N2S/c1-2-15-48-43(13-1)14-11-24-59(48)66-60-23-9-7-20-54(60)58-40-45(32-38-61(58)66)42-29-35-47(36-30-42)65(62-25-12-22-56-55-21-8-10-26-63(55)67-64(56)62)46-33-27-41(28-34-46)44-31-37-53-51-18-4-3-16-49(51)50-17-5-6-19-52(50)57(53)39-44;1-2-14-49-43(12-1)13-11-22-60(49)66-61-21-9-7-19-55(61)58-39-45(29-36-62(58)66)42-26-32-47(33-27-42)65(48-34-37-64-59(40-48)56-20-8-10-23-63(56)67-64)46-30-24-41(25-31-46)44-28-35-54-52-17-4-3-15-50(52)51-16-5-6-18-53(51)57(54)38-44/h2*1-40H. The smallest absolute Gasteiger partial charge is 0.159 e. The molecule has 4 aromatic heterocycles. The van der Waals surface area contributed by atoms with Crippen molar-refractivity contribution in [2.24, 2.45) is 0 Å². The molecule has 0 aliphatic heterocycles. The van der Waals surface area contributed by atoms with Gasteiger partial charge in [0.25, 0.3) is 0 Å². The molecule has 0 saturated heterocycles. The average Bonchev–Trinajstić information content (AvgIpc) is 1.70. The fraction of sp³-hybridized carbons (Fsp3) is 0. The Morgan fingerprint density at radius 1 is 0.172 bits per heavy atom. The lowest BCUT2D eigenvalue weighted by atomic mass is 9.92. The van der Waals surface area contributed by atoms with Crippen LogP contribution in [0.5, 0.6) is 0 Å². The highest BCUT2D eigenvalue weighted by Gasteiger charge is 2.25. The van der Waals surface area contributed by atoms with Gasteiger partial charge in [0, 0.05) is 91.7 Å². The van der Waals surface area contributed by atoms with Gasteiger partial charge in [0.1, 0.15) is 5.58 Å². The molecule has 134 heavy (non-hydrogen) atoms. The summed E-state index contributed by atoms with van der Waals surface area (Å²) >= 11 is 1.86. The quantitative estimate of drug-likeness (QED) is 0.114. The van der Waals surface area contributed by atoms with E-state index < -0.39 is 0 Å². The van der Waals surface area contributed by atoms with E-state index in [0.717, 1.165) is 67.2 Å². The van der Waals surface area contributed by atoms with Gasteiger partial charge in [-0.25, -0.2) is 0 Å². The minimum atomic E-state index is 0.860. The molecule has 24 aromatic carbocycles. The van der Waals surface area contributed by atoms with Crippen LogP contribution in [0, 0.1) is 0 Å². The van der Waals surface area contributed by atoms with Crippen molar-refractivity contribution < 1.29 is 4.42 Å². The van der Waals surface area contributed by atoms with Crippen molar-refractivity contribution in [1.29, 1.82) is 0 Å². The average molecular weight is 1720 g/mol. The summed E-state index contributed by atoms with van der Waals surface area (Å²) in [6, 6.07) is 178. The highest BCUT2D eigenvalue weighted by Crippen LogP contribution is 2.49. The second-order valence-electron chi connectivity index (χ2n) is 35.3. The SMILES string of the molecule is c1ccc2c(-n3c4ccccc4c4cc(-c5ccc(N(c6ccc(-c7ccc8c9ccccc9c9ccccc9c8c7)cc6)c6ccc7sc8ccccc8c7c6)cc5)ccc43)cccc2c1.c1ccc2c(-n3c4ccccc4c4cc(-c5ccc(N(c6ccc(-c7ccc8c9ccccc9c9ccccc9c8c7)cc6)c6cccc7c6oc6ccccc67)cc5)ccc43)cccc2c1. The maximum Gasteiger partial charge on any atom is 0.159 e. The third kappa shape index (κ3) is 12.5. The molecular formula is C128H80N4OS. The zero-order valence-electron chi connectivity index (χ0n) is 72.8. The first-order chi connectivity index (χ1) is 66.4. The van der Waals surface area contributed by atoms with Gasteiger partial charge in [-0.15, -0.1) is 11.3 Å². The number of anilines is 6. The maximum atomic E-state index is 6.69. The summed E-state index contributed by atoms with van der Waals surface area (Å²) in [6.45, 7) is 0. The third-order valence-corrected chi connectivity index (χ3v) is 29.1. The van der Waals surface area contributed by atoms with Crippen molar-refractivity contribution in [3.05, 3.63) is 485 Å². The van der Waals surface area contributed by atoms with Crippen LogP contribution in [0.4, 0.5) is 34.1 Å². The first-order valence-corrected chi connectivity index (χ1v) is 46.8. The van der Waals surface area contributed by atoms with Crippen molar-refractivity contribution >= 4 is 217 Å². The second-order valence-corrected chi connectivity index (χ2v) is 36.3. The van der Waals surface area contributed by atoms with Gasteiger partial charge in [-0.1, -0.05) is 340 Å². The number of fused-ring (bicyclic) bond motifs is 26. The van der Waals surface area contributed by atoms with Crippen LogP contribution < -0.4 is 9.80 Å². The van der Waals surface area contributed by atoms with E-state index in [-0.39, 0.29) is 0 Å². The van der Waals surface area contributed by atoms with Crippen LogP contribution in [0.1, 0.15) is 0 Å². The highest BCUT2D eigenvalue weighted by molar-refractivity contribution is 7.25. The molecule has 0 atom stereocenters. The van der Waals surface area contributed by atoms with Gasteiger partial charge >= 0.3 is 0 Å². The Hall–Kier alpha value is -17.4. The summed E-state index contributed by atoms with van der Waals surface area (Å²) in [5.74, 6) is 0. The Kier molecular flexibility index (Phi) is 17.8. The molecule has 0 aliphatic rings. The number of hydrogen-bond acceptors (Lipinski definition) is 4. The lowest BCUT2D eigenvalue weighted by Gasteiger charge is -2.26. The zero-order valence-corrected chi connectivity index (χ0v) is 73.6. The number of thiophene rings is 1. The lowest BCUT2D eigenvalue weighted by molar-refractivity contribution is 0.669. The fourth-order valence-corrected chi connectivity index (χ4v) is 22.7. The lowest BCUT2D eigenvalue weighted by Crippen LogP contribution is -2.10. The van der Waals surface area contributed by atoms with E-state index >= 15 is 0 Å². The van der Waals surface area contributed by atoms with E-state index in [2.05, 4.69) is 498 Å². The highest BCUT2D eigenvalue weighted by atomic mass is 32.1. The number of para-hydroxylation sites is 4. The largest absolute Gasteiger partial charge is 0.454 e. The van der Waals surface area contributed by atoms with Crippen LogP contribution in [0.3, 0.4) is 0 Å². The van der Waals surface area contributed by atoms with Gasteiger partial charge < -0.3 is 23.4 Å². The minimum absolute atomic E-state index is 0.860. The van der Waals surface area contributed by atoms with Crippen molar-refractivity contribution in [2.45, 2.75) is 0 Å². The second kappa shape index (κ2) is 31.2. The van der Waals surface area contributed by atoms with Crippen molar-refractivity contribution in [1.82, 2.24) is 9.13 Å². The monoisotopic (exact) mass is 1720 g/mol. The van der Waals surface area contributed by atoms with E-state index in [9.17, 15) is 0 Å². The third-order valence-electron chi connectivity index (χ3n) is 27.9. The topological polar surface area (TPSA) is 29.5 Å². The molecule has 28 rings (SSSR count). The molecule has 0 spiro atoms. The van der Waals surface area contributed by atoms with E-state index in [1.807, 2.05) is 17.4 Å². The van der Waals surface area contributed by atoms with E-state index in [1.54, 1.807) is 0 Å². The molecule has 0 unspecified atom stereocenters. The van der Waals surface area contributed by atoms with Crippen LogP contribution in [0.25, 0.3) is 228 Å². The maximum absolute atomic E-state index is 6.69. The van der Waals surface area contributed by atoms with Crippen molar-refractivity contribution in [2.75, 3.05) is 9.80 Å². The number of hydrogen-bond donors (Lipinski definition) is 0. The van der Waals surface area contributed by atoms with Crippen molar-refractivity contribution in [3.8, 4) is 55.9 Å². The molecule has 0 N–H and O–H groups in total. The van der Waals surface area contributed by atoms with Crippen LogP contribution in [-0.2, 0) is 0 Å². The molecule has 0 bridgehead atoms. The number of furan rings is 1. The molecule has 0 saturated carbocycles. The van der Waals surface area contributed by atoms with Crippen LogP contribution in [0.2, 0.25) is 0 Å². The molecule has 0 amide bonds. The predicted octanol–water partition coefficient (Wildman–Crippen LogP) is 36.7. The molecule has 624 valence electrons. The molecular weight excluding hydrogens is 1640 g/mol. The molecule has 28 aromatic rings. The summed E-state index contributed by atoms with van der Waals surface area (Å²) in [6.07, 6.45) is 0. The van der Waals surface area contributed by atoms with Gasteiger partial charge in [-0.3, -0.25) is 0 Å². The predicted molar refractivity (Wildman–Crippen MR) is 573 cm³/mol. The first kappa shape index (κ1) is 76.6. The Morgan fingerprint density at radius 2 is 0.478 bits per heavy atom. The van der Waals surface area contributed by atoms with E-state index in [4.69, 9.17) is 4.42 Å². The molecule has 0 aliphatic carbocycles. The summed E-state index contributed by atoms with van der Waals surface area (Å²) in [5, 5.41) is 30.1. The first-order valence-electron chi connectivity index (χ1n) is 46.0. The van der Waals surface area contributed by atoms with Crippen LogP contribution >= 0.6 is 11.3 Å². The summed E-state index contributed by atoms with van der Waals surface area (Å²) in [7, 11) is 0. The fourth-order valence-electron chi connectivity index (χ4n) is 21.7. The molecule has 6 heteroatoms. The van der Waals surface area contributed by atoms with E-state index in [0.29, 0.717) is 0 Å². The van der Waals surface area contributed by atoms with Crippen LogP contribution in [-0.4, -0.2) is 9.13 Å². The zero-order chi connectivity index (χ0) is 88.0. The summed E-state index contributed by atoms with van der Waals surface area (Å²) in [5.41, 5.74) is 24.8. The van der Waals surface area contributed by atoms with Gasteiger partial charge in [0.05, 0.1) is 39.1 Å². The number of nitrogens with zero attached hydrogens (tertiary/aromatic N) is 4.